The minimum atomic E-state index is 0.485. The predicted octanol–water partition coefficient (Wildman–Crippen LogP) is 2.80. The van der Waals surface area contributed by atoms with Gasteiger partial charge in [-0.25, -0.2) is 4.98 Å². The van der Waals surface area contributed by atoms with Crippen LogP contribution in [0, 0.1) is 5.92 Å². The Morgan fingerprint density at radius 2 is 2.10 bits per heavy atom. The van der Waals surface area contributed by atoms with Crippen molar-refractivity contribution < 1.29 is 0 Å². The molecular formula is C16H22N4. The lowest BCUT2D eigenvalue weighted by Gasteiger charge is -2.32. The zero-order valence-corrected chi connectivity index (χ0v) is 11.7. The first-order valence-electron chi connectivity index (χ1n) is 7.42. The number of nitrogens with zero attached hydrogens (tertiary/aromatic N) is 2. The zero-order valence-electron chi connectivity index (χ0n) is 11.7. The molecule has 1 aliphatic rings. The van der Waals surface area contributed by atoms with Gasteiger partial charge in [0.15, 0.2) is 0 Å². The van der Waals surface area contributed by atoms with Crippen LogP contribution < -0.4 is 11.1 Å². The monoisotopic (exact) mass is 270 g/mol. The van der Waals surface area contributed by atoms with Gasteiger partial charge >= 0.3 is 0 Å². The van der Waals surface area contributed by atoms with Crippen LogP contribution in [-0.2, 0) is 0 Å². The van der Waals surface area contributed by atoms with Crippen molar-refractivity contribution in [2.24, 2.45) is 11.7 Å². The lowest BCUT2D eigenvalue weighted by Crippen LogP contribution is -2.36. The van der Waals surface area contributed by atoms with Gasteiger partial charge in [-0.05, 0) is 37.4 Å². The molecule has 1 aromatic heterocycles. The van der Waals surface area contributed by atoms with Gasteiger partial charge in [-0.2, -0.15) is 0 Å². The Balaban J connectivity index is 1.83. The van der Waals surface area contributed by atoms with Gasteiger partial charge in [0.1, 0.15) is 0 Å². The van der Waals surface area contributed by atoms with Gasteiger partial charge < -0.3 is 15.6 Å². The lowest BCUT2D eigenvalue weighted by atomic mass is 9.84. The van der Waals surface area contributed by atoms with E-state index in [-0.39, 0.29) is 0 Å². The second-order valence-electron chi connectivity index (χ2n) is 5.52. The summed E-state index contributed by atoms with van der Waals surface area (Å²) in [7, 11) is 0. The highest BCUT2D eigenvalue weighted by Gasteiger charge is 2.24. The summed E-state index contributed by atoms with van der Waals surface area (Å²) in [6, 6.07) is 8.87. The number of aromatic nitrogens is 2. The summed E-state index contributed by atoms with van der Waals surface area (Å²) < 4.78 is 2.04. The number of imidazole rings is 1. The van der Waals surface area contributed by atoms with E-state index in [1.807, 2.05) is 17.1 Å². The SMILES string of the molecule is NCC1CCCCC1Nc1ccccc1-n1ccnc1. The van der Waals surface area contributed by atoms with Crippen LogP contribution in [0.3, 0.4) is 0 Å². The molecule has 0 spiro atoms. The molecule has 0 bridgehead atoms. The molecule has 20 heavy (non-hydrogen) atoms. The molecule has 2 atom stereocenters. The fourth-order valence-corrected chi connectivity index (χ4v) is 3.10. The Kier molecular flexibility index (Phi) is 4.02. The molecule has 0 radical (unpaired) electrons. The number of anilines is 1. The maximum Gasteiger partial charge on any atom is 0.0992 e. The van der Waals surface area contributed by atoms with Crippen LogP contribution in [-0.4, -0.2) is 22.1 Å². The molecular weight excluding hydrogens is 248 g/mol. The molecule has 0 saturated heterocycles. The van der Waals surface area contributed by atoms with E-state index in [1.54, 1.807) is 6.20 Å². The van der Waals surface area contributed by atoms with Crippen molar-refractivity contribution in [1.29, 1.82) is 0 Å². The molecule has 1 aliphatic carbocycles. The van der Waals surface area contributed by atoms with Gasteiger partial charge in [0.25, 0.3) is 0 Å². The third kappa shape index (κ3) is 2.70. The van der Waals surface area contributed by atoms with E-state index in [4.69, 9.17) is 5.73 Å². The second kappa shape index (κ2) is 6.09. The van der Waals surface area contributed by atoms with E-state index in [2.05, 4.69) is 34.6 Å². The summed E-state index contributed by atoms with van der Waals surface area (Å²) in [6.45, 7) is 0.769. The topological polar surface area (TPSA) is 55.9 Å². The number of para-hydroxylation sites is 2. The van der Waals surface area contributed by atoms with Crippen LogP contribution in [0.2, 0.25) is 0 Å². The summed E-state index contributed by atoms with van der Waals surface area (Å²) in [5.74, 6) is 0.583. The third-order valence-corrected chi connectivity index (χ3v) is 4.24. The summed E-state index contributed by atoms with van der Waals surface area (Å²) >= 11 is 0. The molecule has 4 heteroatoms. The van der Waals surface area contributed by atoms with Gasteiger partial charge in [-0.15, -0.1) is 0 Å². The van der Waals surface area contributed by atoms with Crippen LogP contribution in [0.25, 0.3) is 5.69 Å². The van der Waals surface area contributed by atoms with Crippen LogP contribution in [0.15, 0.2) is 43.0 Å². The highest BCUT2D eigenvalue weighted by Crippen LogP contribution is 2.29. The minimum Gasteiger partial charge on any atom is -0.380 e. The lowest BCUT2D eigenvalue weighted by molar-refractivity contribution is 0.332. The van der Waals surface area contributed by atoms with E-state index in [9.17, 15) is 0 Å². The van der Waals surface area contributed by atoms with E-state index < -0.39 is 0 Å². The Labute approximate surface area is 120 Å². The molecule has 3 N–H and O–H groups in total. The average Bonchev–Trinajstić information content (AvgIpc) is 3.02. The third-order valence-electron chi connectivity index (χ3n) is 4.24. The highest BCUT2D eigenvalue weighted by molar-refractivity contribution is 5.61. The van der Waals surface area contributed by atoms with E-state index in [0.29, 0.717) is 12.0 Å². The minimum absolute atomic E-state index is 0.485. The molecule has 1 heterocycles. The quantitative estimate of drug-likeness (QED) is 0.898. The summed E-state index contributed by atoms with van der Waals surface area (Å²) in [6.07, 6.45) is 10.7. The summed E-state index contributed by atoms with van der Waals surface area (Å²) in [5, 5.41) is 3.71. The Bertz CT molecular complexity index is 535. The molecule has 106 valence electrons. The van der Waals surface area contributed by atoms with Crippen molar-refractivity contribution in [3.05, 3.63) is 43.0 Å². The molecule has 0 amide bonds. The normalized spacial score (nSPS) is 22.6. The standard InChI is InChI=1S/C16H22N4/c17-11-13-5-1-2-6-14(13)19-15-7-3-4-8-16(15)20-10-9-18-12-20/h3-4,7-10,12-14,19H,1-2,5-6,11,17H2. The van der Waals surface area contributed by atoms with E-state index >= 15 is 0 Å². The molecule has 1 fully saturated rings. The molecule has 4 nitrogen and oxygen atoms in total. The first kappa shape index (κ1) is 13.2. The van der Waals surface area contributed by atoms with Gasteiger partial charge in [-0.1, -0.05) is 25.0 Å². The fourth-order valence-electron chi connectivity index (χ4n) is 3.10. The van der Waals surface area contributed by atoms with Gasteiger partial charge in [0, 0.05) is 18.4 Å². The molecule has 0 aliphatic heterocycles. The second-order valence-corrected chi connectivity index (χ2v) is 5.52. The molecule has 2 aromatic rings. The number of hydrogen-bond donors (Lipinski definition) is 2. The Morgan fingerprint density at radius 1 is 1.25 bits per heavy atom. The van der Waals surface area contributed by atoms with Crippen molar-refractivity contribution in [2.45, 2.75) is 31.7 Å². The molecule has 3 rings (SSSR count). The number of rotatable bonds is 4. The van der Waals surface area contributed by atoms with Gasteiger partial charge in [-0.3, -0.25) is 0 Å². The van der Waals surface area contributed by atoms with Crippen LogP contribution in [0.1, 0.15) is 25.7 Å². The summed E-state index contributed by atoms with van der Waals surface area (Å²) in [4.78, 5) is 4.13. The number of benzene rings is 1. The van der Waals surface area contributed by atoms with Crippen molar-refractivity contribution >= 4 is 5.69 Å². The predicted molar refractivity (Wildman–Crippen MR) is 82.0 cm³/mol. The van der Waals surface area contributed by atoms with Crippen molar-refractivity contribution in [3.63, 3.8) is 0 Å². The zero-order chi connectivity index (χ0) is 13.8. The average molecular weight is 270 g/mol. The molecule has 1 saturated carbocycles. The van der Waals surface area contributed by atoms with Crippen molar-refractivity contribution in [3.8, 4) is 5.69 Å². The molecule has 1 aromatic carbocycles. The number of nitrogens with one attached hydrogen (secondary N) is 1. The largest absolute Gasteiger partial charge is 0.380 e. The van der Waals surface area contributed by atoms with Crippen molar-refractivity contribution in [1.82, 2.24) is 9.55 Å². The number of hydrogen-bond acceptors (Lipinski definition) is 3. The number of nitrogens with two attached hydrogens (primary N) is 1. The Hall–Kier alpha value is -1.81. The highest BCUT2D eigenvalue weighted by atomic mass is 15.1. The first-order chi connectivity index (χ1) is 9.88. The smallest absolute Gasteiger partial charge is 0.0992 e. The van der Waals surface area contributed by atoms with E-state index in [1.165, 1.54) is 25.7 Å². The fraction of sp³-hybridized carbons (Fsp3) is 0.438. The summed E-state index contributed by atoms with van der Waals surface area (Å²) in [5.41, 5.74) is 8.23. The Morgan fingerprint density at radius 3 is 2.90 bits per heavy atom. The van der Waals surface area contributed by atoms with Gasteiger partial charge in [0.05, 0.1) is 17.7 Å². The van der Waals surface area contributed by atoms with E-state index in [0.717, 1.165) is 17.9 Å². The molecule has 2 unspecified atom stereocenters. The van der Waals surface area contributed by atoms with Crippen LogP contribution in [0.4, 0.5) is 5.69 Å². The maximum absolute atomic E-state index is 5.92. The van der Waals surface area contributed by atoms with Crippen LogP contribution in [0.5, 0.6) is 0 Å². The van der Waals surface area contributed by atoms with Crippen molar-refractivity contribution in [2.75, 3.05) is 11.9 Å². The van der Waals surface area contributed by atoms with Crippen LogP contribution >= 0.6 is 0 Å². The van der Waals surface area contributed by atoms with Gasteiger partial charge in [0.2, 0.25) is 0 Å². The maximum atomic E-state index is 5.92. The first-order valence-corrected chi connectivity index (χ1v) is 7.42.